The van der Waals surface area contributed by atoms with E-state index in [9.17, 15) is 0 Å². The van der Waals surface area contributed by atoms with Crippen molar-refractivity contribution in [1.82, 2.24) is 4.90 Å². The summed E-state index contributed by atoms with van der Waals surface area (Å²) in [6.07, 6.45) is 0. The second-order valence-corrected chi connectivity index (χ2v) is 6.26. The molecule has 0 amide bonds. The molecule has 0 saturated carbocycles. The summed E-state index contributed by atoms with van der Waals surface area (Å²) in [7, 11) is 2.18. The van der Waals surface area contributed by atoms with Gasteiger partial charge in [0.15, 0.2) is 0 Å². The normalized spacial score (nSPS) is 15.8. The lowest BCUT2D eigenvalue weighted by atomic mass is 10.1. The Kier molecular flexibility index (Phi) is 4.86. The highest BCUT2D eigenvalue weighted by atomic mass is 35.5. The van der Waals surface area contributed by atoms with Crippen molar-refractivity contribution in [2.45, 2.75) is 6.54 Å². The van der Waals surface area contributed by atoms with Gasteiger partial charge in [-0.15, -0.1) is 0 Å². The second kappa shape index (κ2) is 7.03. The van der Waals surface area contributed by atoms with Gasteiger partial charge < -0.3 is 15.1 Å². The summed E-state index contributed by atoms with van der Waals surface area (Å²) in [6, 6.07) is 16.6. The summed E-state index contributed by atoms with van der Waals surface area (Å²) in [5, 5.41) is 4.21. The van der Waals surface area contributed by atoms with Crippen LogP contribution in [-0.4, -0.2) is 38.1 Å². The first-order chi connectivity index (χ1) is 10.7. The first kappa shape index (κ1) is 15.2. The highest BCUT2D eigenvalue weighted by Crippen LogP contribution is 2.19. The molecule has 4 heteroatoms. The molecule has 22 heavy (non-hydrogen) atoms. The van der Waals surface area contributed by atoms with E-state index in [1.807, 2.05) is 24.3 Å². The van der Waals surface area contributed by atoms with Crippen LogP contribution in [-0.2, 0) is 6.54 Å². The fourth-order valence-electron chi connectivity index (χ4n) is 2.70. The number of likely N-dealkylation sites (N-methyl/N-ethyl adjacent to an activating group) is 1. The Balaban J connectivity index is 1.62. The minimum atomic E-state index is 0.766. The number of rotatable bonds is 4. The van der Waals surface area contributed by atoms with Crippen LogP contribution in [0, 0.1) is 0 Å². The third-order valence-electron chi connectivity index (χ3n) is 4.12. The topological polar surface area (TPSA) is 18.5 Å². The molecule has 0 spiro atoms. The van der Waals surface area contributed by atoms with Crippen molar-refractivity contribution in [2.75, 3.05) is 43.4 Å². The van der Waals surface area contributed by atoms with E-state index >= 15 is 0 Å². The van der Waals surface area contributed by atoms with Crippen molar-refractivity contribution in [3.63, 3.8) is 0 Å². The molecule has 3 nitrogen and oxygen atoms in total. The molecule has 0 atom stereocenters. The molecular formula is C18H22ClN3. The van der Waals surface area contributed by atoms with Crippen LogP contribution in [0.3, 0.4) is 0 Å². The zero-order chi connectivity index (χ0) is 15.4. The van der Waals surface area contributed by atoms with Crippen LogP contribution >= 0.6 is 11.6 Å². The van der Waals surface area contributed by atoms with E-state index in [-0.39, 0.29) is 0 Å². The molecule has 0 bridgehead atoms. The van der Waals surface area contributed by atoms with E-state index in [4.69, 9.17) is 11.6 Å². The predicted molar refractivity (Wildman–Crippen MR) is 94.9 cm³/mol. The smallest absolute Gasteiger partial charge is 0.0407 e. The summed E-state index contributed by atoms with van der Waals surface area (Å²) < 4.78 is 0. The number of hydrogen-bond donors (Lipinski definition) is 1. The molecule has 1 N–H and O–H groups in total. The molecular weight excluding hydrogens is 294 g/mol. The summed E-state index contributed by atoms with van der Waals surface area (Å²) in [6.45, 7) is 5.29. The third-order valence-corrected chi connectivity index (χ3v) is 4.37. The SMILES string of the molecule is CN1CCN(c2cccc(CNc3ccc(Cl)cc3)c2)CC1. The lowest BCUT2D eigenvalue weighted by Crippen LogP contribution is -2.44. The van der Waals surface area contributed by atoms with Gasteiger partial charge in [-0.05, 0) is 49.0 Å². The van der Waals surface area contributed by atoms with E-state index in [0.29, 0.717) is 0 Å². The average molecular weight is 316 g/mol. The first-order valence-corrected chi connectivity index (χ1v) is 8.10. The molecule has 0 unspecified atom stereocenters. The number of benzene rings is 2. The van der Waals surface area contributed by atoms with Crippen LogP contribution in [0.15, 0.2) is 48.5 Å². The van der Waals surface area contributed by atoms with Crippen molar-refractivity contribution >= 4 is 23.0 Å². The van der Waals surface area contributed by atoms with Crippen molar-refractivity contribution in [3.05, 3.63) is 59.1 Å². The monoisotopic (exact) mass is 315 g/mol. The maximum atomic E-state index is 5.91. The fraction of sp³-hybridized carbons (Fsp3) is 0.333. The molecule has 116 valence electrons. The Morgan fingerprint density at radius 3 is 2.45 bits per heavy atom. The Morgan fingerprint density at radius 1 is 1.00 bits per heavy atom. The van der Waals surface area contributed by atoms with Crippen LogP contribution in [0.5, 0.6) is 0 Å². The van der Waals surface area contributed by atoms with Crippen LogP contribution in [0.25, 0.3) is 0 Å². The molecule has 1 aliphatic heterocycles. The third kappa shape index (κ3) is 3.93. The van der Waals surface area contributed by atoms with E-state index in [0.717, 1.165) is 43.4 Å². The summed E-state index contributed by atoms with van der Waals surface area (Å²) in [5.41, 5.74) is 3.71. The van der Waals surface area contributed by atoms with Crippen molar-refractivity contribution in [3.8, 4) is 0 Å². The van der Waals surface area contributed by atoms with Gasteiger partial charge in [-0.2, -0.15) is 0 Å². The van der Waals surface area contributed by atoms with Crippen LogP contribution in [0.2, 0.25) is 5.02 Å². The van der Waals surface area contributed by atoms with Crippen molar-refractivity contribution in [1.29, 1.82) is 0 Å². The minimum Gasteiger partial charge on any atom is -0.381 e. The van der Waals surface area contributed by atoms with Gasteiger partial charge in [-0.3, -0.25) is 0 Å². The van der Waals surface area contributed by atoms with Gasteiger partial charge in [0.05, 0.1) is 0 Å². The van der Waals surface area contributed by atoms with Crippen LogP contribution in [0.4, 0.5) is 11.4 Å². The quantitative estimate of drug-likeness (QED) is 0.928. The number of hydrogen-bond acceptors (Lipinski definition) is 3. The van der Waals surface area contributed by atoms with E-state index in [1.54, 1.807) is 0 Å². The molecule has 1 saturated heterocycles. The number of nitrogens with one attached hydrogen (secondary N) is 1. The maximum Gasteiger partial charge on any atom is 0.0407 e. The lowest BCUT2D eigenvalue weighted by molar-refractivity contribution is 0.313. The van der Waals surface area contributed by atoms with Gasteiger partial charge in [-0.25, -0.2) is 0 Å². The molecule has 2 aromatic rings. The first-order valence-electron chi connectivity index (χ1n) is 7.72. The van der Waals surface area contributed by atoms with E-state index in [2.05, 4.69) is 46.4 Å². The number of piperazine rings is 1. The summed E-state index contributed by atoms with van der Waals surface area (Å²) >= 11 is 5.91. The highest BCUT2D eigenvalue weighted by molar-refractivity contribution is 6.30. The van der Waals surface area contributed by atoms with E-state index in [1.165, 1.54) is 11.3 Å². The molecule has 0 radical (unpaired) electrons. The highest BCUT2D eigenvalue weighted by Gasteiger charge is 2.14. The average Bonchev–Trinajstić information content (AvgIpc) is 2.55. The van der Waals surface area contributed by atoms with Gasteiger partial charge in [0, 0.05) is 49.1 Å². The van der Waals surface area contributed by atoms with Crippen LogP contribution < -0.4 is 10.2 Å². The molecule has 1 heterocycles. The van der Waals surface area contributed by atoms with Gasteiger partial charge in [0.1, 0.15) is 0 Å². The Labute approximate surface area is 137 Å². The molecule has 2 aromatic carbocycles. The van der Waals surface area contributed by atoms with Gasteiger partial charge in [0.25, 0.3) is 0 Å². The number of nitrogens with zero attached hydrogens (tertiary/aromatic N) is 2. The predicted octanol–water partition coefficient (Wildman–Crippen LogP) is 3.70. The zero-order valence-corrected chi connectivity index (χ0v) is 13.7. The Bertz CT molecular complexity index is 604. The van der Waals surface area contributed by atoms with Gasteiger partial charge in [-0.1, -0.05) is 23.7 Å². The Hall–Kier alpha value is -1.71. The van der Waals surface area contributed by atoms with E-state index < -0.39 is 0 Å². The standard InChI is InChI=1S/C18H22ClN3/c1-21-9-11-22(12-10-21)18-4-2-3-15(13-18)14-20-17-7-5-16(19)6-8-17/h2-8,13,20H,9-12,14H2,1H3. The number of anilines is 2. The Morgan fingerprint density at radius 2 is 1.73 bits per heavy atom. The molecule has 1 aliphatic rings. The molecule has 0 aromatic heterocycles. The minimum absolute atomic E-state index is 0.766. The van der Waals surface area contributed by atoms with Gasteiger partial charge in [0.2, 0.25) is 0 Å². The largest absolute Gasteiger partial charge is 0.381 e. The lowest BCUT2D eigenvalue weighted by Gasteiger charge is -2.34. The zero-order valence-electron chi connectivity index (χ0n) is 12.9. The maximum absolute atomic E-state index is 5.91. The molecule has 1 fully saturated rings. The molecule has 0 aliphatic carbocycles. The fourth-order valence-corrected chi connectivity index (χ4v) is 2.83. The second-order valence-electron chi connectivity index (χ2n) is 5.82. The van der Waals surface area contributed by atoms with Gasteiger partial charge >= 0.3 is 0 Å². The summed E-state index contributed by atoms with van der Waals surface area (Å²) in [4.78, 5) is 4.84. The number of halogens is 1. The molecule has 3 rings (SSSR count). The van der Waals surface area contributed by atoms with Crippen LogP contribution in [0.1, 0.15) is 5.56 Å². The van der Waals surface area contributed by atoms with Crippen molar-refractivity contribution < 1.29 is 0 Å². The summed E-state index contributed by atoms with van der Waals surface area (Å²) in [5.74, 6) is 0. The van der Waals surface area contributed by atoms with Crippen molar-refractivity contribution in [2.24, 2.45) is 0 Å².